The number of hydrogen-bond acceptors (Lipinski definition) is 5. The van der Waals surface area contributed by atoms with Crippen molar-refractivity contribution >= 4 is 28.5 Å². The molecule has 0 saturated heterocycles. The monoisotopic (exact) mass is 497 g/mol. The van der Waals surface area contributed by atoms with Gasteiger partial charge in [0.15, 0.2) is 23.0 Å². The summed E-state index contributed by atoms with van der Waals surface area (Å²) >= 11 is 2.27. The van der Waals surface area contributed by atoms with Gasteiger partial charge in [-0.15, -0.1) is 0 Å². The number of rotatable bonds is 8. The molecule has 3 rings (SSSR count). The van der Waals surface area contributed by atoms with E-state index in [9.17, 15) is 4.79 Å². The molecule has 1 heterocycles. The third-order valence-corrected chi connectivity index (χ3v) is 5.76. The van der Waals surface area contributed by atoms with Crippen LogP contribution in [0.4, 0.5) is 0 Å². The standard InChI is InChI=1S/C21H24INO5/c1-23(9-8-14-4-6-17(25-2)18(10-14)26-3)21(24)7-5-15-11-19-20(12-16(15)22)28-13-27-19/h4,6,10-12H,5,7-9,13H2,1-3H3. The molecule has 28 heavy (non-hydrogen) atoms. The maximum Gasteiger partial charge on any atom is 0.231 e. The molecule has 0 spiro atoms. The van der Waals surface area contributed by atoms with Gasteiger partial charge in [0.05, 0.1) is 14.2 Å². The first kappa shape index (κ1) is 20.6. The normalized spacial score (nSPS) is 12.0. The van der Waals surface area contributed by atoms with Crippen molar-refractivity contribution < 1.29 is 23.7 Å². The second-order valence-corrected chi connectivity index (χ2v) is 7.71. The van der Waals surface area contributed by atoms with Crippen molar-refractivity contribution in [2.75, 3.05) is 34.6 Å². The minimum atomic E-state index is 0.119. The number of nitrogens with zero attached hydrogens (tertiary/aromatic N) is 1. The summed E-state index contributed by atoms with van der Waals surface area (Å²) in [4.78, 5) is 14.3. The van der Waals surface area contributed by atoms with E-state index in [4.69, 9.17) is 18.9 Å². The maximum absolute atomic E-state index is 12.5. The van der Waals surface area contributed by atoms with E-state index in [0.717, 1.165) is 32.6 Å². The molecule has 0 saturated carbocycles. The highest BCUT2D eigenvalue weighted by Gasteiger charge is 2.17. The second-order valence-electron chi connectivity index (χ2n) is 6.55. The van der Waals surface area contributed by atoms with E-state index in [0.29, 0.717) is 30.9 Å². The van der Waals surface area contributed by atoms with Crippen molar-refractivity contribution in [3.8, 4) is 23.0 Å². The van der Waals surface area contributed by atoms with E-state index in [2.05, 4.69) is 22.6 Å². The number of carbonyl (C=O) groups is 1. The van der Waals surface area contributed by atoms with Gasteiger partial charge in [-0.05, 0) is 70.8 Å². The molecule has 6 nitrogen and oxygen atoms in total. The van der Waals surface area contributed by atoms with Gasteiger partial charge in [-0.25, -0.2) is 0 Å². The van der Waals surface area contributed by atoms with Crippen molar-refractivity contribution in [3.05, 3.63) is 45.0 Å². The van der Waals surface area contributed by atoms with Gasteiger partial charge in [0, 0.05) is 23.6 Å². The molecule has 1 aliphatic rings. The lowest BCUT2D eigenvalue weighted by molar-refractivity contribution is -0.129. The molecule has 0 bridgehead atoms. The zero-order chi connectivity index (χ0) is 20.1. The Morgan fingerprint density at radius 2 is 1.79 bits per heavy atom. The number of aryl methyl sites for hydroxylation is 1. The van der Waals surface area contributed by atoms with Gasteiger partial charge in [0.2, 0.25) is 12.7 Å². The Morgan fingerprint density at radius 3 is 2.50 bits per heavy atom. The van der Waals surface area contributed by atoms with Crippen molar-refractivity contribution in [1.82, 2.24) is 4.90 Å². The van der Waals surface area contributed by atoms with Crippen LogP contribution in [0.25, 0.3) is 0 Å². The summed E-state index contributed by atoms with van der Waals surface area (Å²) < 4.78 is 22.5. The molecule has 1 aliphatic heterocycles. The van der Waals surface area contributed by atoms with E-state index < -0.39 is 0 Å². The van der Waals surface area contributed by atoms with Crippen LogP contribution in [0.2, 0.25) is 0 Å². The van der Waals surface area contributed by atoms with Gasteiger partial charge in [0.25, 0.3) is 0 Å². The quantitative estimate of drug-likeness (QED) is 0.522. The topological polar surface area (TPSA) is 57.2 Å². The molecule has 0 fully saturated rings. The molecule has 2 aromatic carbocycles. The maximum atomic E-state index is 12.5. The van der Waals surface area contributed by atoms with Crippen molar-refractivity contribution in [2.24, 2.45) is 0 Å². The number of ether oxygens (including phenoxy) is 4. The molecule has 2 aromatic rings. The van der Waals surface area contributed by atoms with E-state index in [1.54, 1.807) is 19.1 Å². The fourth-order valence-electron chi connectivity index (χ4n) is 3.04. The predicted octanol–water partition coefficient (Wildman–Crippen LogP) is 3.67. The smallest absolute Gasteiger partial charge is 0.231 e. The zero-order valence-corrected chi connectivity index (χ0v) is 18.4. The van der Waals surface area contributed by atoms with Crippen LogP contribution in [-0.4, -0.2) is 45.4 Å². The highest BCUT2D eigenvalue weighted by atomic mass is 127. The number of likely N-dealkylation sites (N-methyl/N-ethyl adjacent to an activating group) is 1. The number of amides is 1. The van der Waals surface area contributed by atoms with Crippen LogP contribution < -0.4 is 18.9 Å². The second kappa shape index (κ2) is 9.36. The number of benzene rings is 2. The van der Waals surface area contributed by atoms with Gasteiger partial charge in [-0.3, -0.25) is 4.79 Å². The van der Waals surface area contributed by atoms with Crippen LogP contribution in [0, 0.1) is 3.57 Å². The Hall–Kier alpha value is -2.16. The van der Waals surface area contributed by atoms with Gasteiger partial charge < -0.3 is 23.8 Å². The van der Waals surface area contributed by atoms with Gasteiger partial charge in [0.1, 0.15) is 0 Å². The summed E-state index contributed by atoms with van der Waals surface area (Å²) in [5, 5.41) is 0. The Labute approximate surface area is 178 Å². The first-order valence-corrected chi connectivity index (χ1v) is 10.1. The van der Waals surface area contributed by atoms with Crippen molar-refractivity contribution in [3.63, 3.8) is 0 Å². The number of halogens is 1. The minimum absolute atomic E-state index is 0.119. The fraction of sp³-hybridized carbons (Fsp3) is 0.381. The molecule has 1 amide bonds. The molecular weight excluding hydrogens is 473 g/mol. The highest BCUT2D eigenvalue weighted by Crippen LogP contribution is 2.35. The van der Waals surface area contributed by atoms with Gasteiger partial charge >= 0.3 is 0 Å². The lowest BCUT2D eigenvalue weighted by Gasteiger charge is -2.18. The van der Waals surface area contributed by atoms with Crippen LogP contribution >= 0.6 is 22.6 Å². The Kier molecular flexibility index (Phi) is 6.88. The van der Waals surface area contributed by atoms with Crippen LogP contribution in [0.1, 0.15) is 17.5 Å². The summed E-state index contributed by atoms with van der Waals surface area (Å²) in [5.74, 6) is 3.05. The first-order chi connectivity index (χ1) is 13.5. The number of methoxy groups -OCH3 is 2. The SMILES string of the molecule is COc1ccc(CCN(C)C(=O)CCc2cc3c(cc2I)OCO3)cc1OC. The summed E-state index contributed by atoms with van der Waals surface area (Å²) in [6.45, 7) is 0.902. The van der Waals surface area contributed by atoms with E-state index in [-0.39, 0.29) is 12.7 Å². The Morgan fingerprint density at radius 1 is 1.07 bits per heavy atom. The van der Waals surface area contributed by atoms with E-state index >= 15 is 0 Å². The average Bonchev–Trinajstić information content (AvgIpc) is 3.16. The number of hydrogen-bond donors (Lipinski definition) is 0. The molecule has 150 valence electrons. The number of fused-ring (bicyclic) bond motifs is 1. The number of carbonyl (C=O) groups excluding carboxylic acids is 1. The fourth-order valence-corrected chi connectivity index (χ4v) is 3.75. The average molecular weight is 497 g/mol. The van der Waals surface area contributed by atoms with Crippen LogP contribution in [0.3, 0.4) is 0 Å². The molecule has 0 aromatic heterocycles. The molecule has 7 heteroatoms. The summed E-state index contributed by atoms with van der Waals surface area (Å²) in [7, 11) is 5.08. The van der Waals surface area contributed by atoms with E-state index in [1.165, 1.54) is 0 Å². The Bertz CT molecular complexity index is 855. The lowest BCUT2D eigenvalue weighted by Crippen LogP contribution is -2.29. The van der Waals surface area contributed by atoms with Crippen LogP contribution in [0.15, 0.2) is 30.3 Å². The predicted molar refractivity (Wildman–Crippen MR) is 114 cm³/mol. The van der Waals surface area contributed by atoms with Crippen LogP contribution in [0.5, 0.6) is 23.0 Å². The van der Waals surface area contributed by atoms with Crippen molar-refractivity contribution in [2.45, 2.75) is 19.3 Å². The third kappa shape index (κ3) is 4.81. The minimum Gasteiger partial charge on any atom is -0.493 e. The summed E-state index contributed by atoms with van der Waals surface area (Å²) in [6, 6.07) is 9.77. The molecule has 0 atom stereocenters. The van der Waals surface area contributed by atoms with Crippen LogP contribution in [-0.2, 0) is 17.6 Å². The van der Waals surface area contributed by atoms with Crippen molar-refractivity contribution in [1.29, 1.82) is 0 Å². The zero-order valence-electron chi connectivity index (χ0n) is 16.3. The molecule has 0 unspecified atom stereocenters. The summed E-state index contributed by atoms with van der Waals surface area (Å²) in [5.41, 5.74) is 2.20. The Balaban J connectivity index is 1.52. The molecular formula is C21H24INO5. The largest absolute Gasteiger partial charge is 0.493 e. The molecule has 0 N–H and O–H groups in total. The van der Waals surface area contributed by atoms with Gasteiger partial charge in [-0.1, -0.05) is 6.07 Å². The molecule has 0 aliphatic carbocycles. The van der Waals surface area contributed by atoms with Gasteiger partial charge in [-0.2, -0.15) is 0 Å². The highest BCUT2D eigenvalue weighted by molar-refractivity contribution is 14.1. The molecule has 0 radical (unpaired) electrons. The lowest BCUT2D eigenvalue weighted by atomic mass is 10.1. The first-order valence-electron chi connectivity index (χ1n) is 9.04. The van der Waals surface area contributed by atoms with E-state index in [1.807, 2.05) is 37.4 Å². The summed E-state index contributed by atoms with van der Waals surface area (Å²) in [6.07, 6.45) is 1.89. The third-order valence-electron chi connectivity index (χ3n) is 4.76.